The monoisotopic (exact) mass is 681 g/mol. The summed E-state index contributed by atoms with van der Waals surface area (Å²) in [5.41, 5.74) is 1.68. The Kier molecular flexibility index (Phi) is 14.4. The quantitative estimate of drug-likeness (QED) is 0.0747. The van der Waals surface area contributed by atoms with Crippen molar-refractivity contribution in [1.82, 2.24) is 26.3 Å². The fourth-order valence-electron chi connectivity index (χ4n) is 4.91. The molecule has 49 heavy (non-hydrogen) atoms. The van der Waals surface area contributed by atoms with Gasteiger partial charge in [-0.15, -0.1) is 0 Å². The third-order valence-electron chi connectivity index (χ3n) is 7.38. The average Bonchev–Trinajstić information content (AvgIpc) is 3.46. The number of unbranched alkanes of at least 4 members (excludes halogenated alkanes) is 1. The number of para-hydroxylation sites is 1. The normalized spacial score (nSPS) is 13.7. The number of aromatic amines is 1. The van der Waals surface area contributed by atoms with E-state index in [2.05, 4.69) is 26.3 Å². The maximum atomic E-state index is 13.9. The molecular formula is C35H47N5O9. The van der Waals surface area contributed by atoms with E-state index in [1.807, 2.05) is 42.5 Å². The summed E-state index contributed by atoms with van der Waals surface area (Å²) >= 11 is 0. The van der Waals surface area contributed by atoms with Crippen LogP contribution >= 0.6 is 0 Å². The number of aliphatic hydroxyl groups excluding tert-OH is 1. The summed E-state index contributed by atoms with van der Waals surface area (Å²) in [5.74, 6) is -2.29. The lowest BCUT2D eigenvalue weighted by molar-refractivity contribution is -0.148. The Morgan fingerprint density at radius 2 is 1.53 bits per heavy atom. The van der Waals surface area contributed by atoms with Gasteiger partial charge in [-0.3, -0.25) is 9.59 Å². The molecule has 6 N–H and O–H groups in total. The smallest absolute Gasteiger partial charge is 0.408 e. The predicted molar refractivity (Wildman–Crippen MR) is 181 cm³/mol. The summed E-state index contributed by atoms with van der Waals surface area (Å²) < 4.78 is 15.3. The maximum Gasteiger partial charge on any atom is 0.408 e. The van der Waals surface area contributed by atoms with E-state index in [-0.39, 0.29) is 26.0 Å². The van der Waals surface area contributed by atoms with Crippen LogP contribution in [0, 0.1) is 0 Å². The van der Waals surface area contributed by atoms with Crippen LogP contribution in [-0.2, 0) is 41.6 Å². The molecule has 0 saturated heterocycles. The Labute approximate surface area is 285 Å². The van der Waals surface area contributed by atoms with Crippen LogP contribution in [0.1, 0.15) is 58.1 Å². The van der Waals surface area contributed by atoms with Crippen molar-refractivity contribution in [2.45, 2.75) is 89.8 Å². The van der Waals surface area contributed by atoms with Crippen LogP contribution in [-0.4, -0.2) is 83.5 Å². The SMILES string of the molecule is COC(=O)[C@@H](NC(=O)[C@H](CCCCNC(=O)OC(C)(C)C)NC(=O)[C@@H](Cc1c[nH]c2ccccc12)NC(=O)OCc1ccccc1)[C@@H](C)O. The van der Waals surface area contributed by atoms with Crippen molar-refractivity contribution in [3.63, 3.8) is 0 Å². The van der Waals surface area contributed by atoms with Crippen molar-refractivity contribution < 1.29 is 43.3 Å². The van der Waals surface area contributed by atoms with Crippen LogP contribution in [0.2, 0.25) is 0 Å². The van der Waals surface area contributed by atoms with Crippen molar-refractivity contribution >= 4 is 40.9 Å². The van der Waals surface area contributed by atoms with Gasteiger partial charge < -0.3 is 45.6 Å². The van der Waals surface area contributed by atoms with Crippen molar-refractivity contribution in [2.75, 3.05) is 13.7 Å². The number of carbonyl (C=O) groups excluding carboxylic acids is 5. The fourth-order valence-corrected chi connectivity index (χ4v) is 4.91. The second-order valence-electron chi connectivity index (χ2n) is 12.6. The summed E-state index contributed by atoms with van der Waals surface area (Å²) in [6.45, 7) is 6.78. The van der Waals surface area contributed by atoms with E-state index in [0.29, 0.717) is 12.8 Å². The molecule has 1 heterocycles. The Balaban J connectivity index is 1.78. The van der Waals surface area contributed by atoms with Gasteiger partial charge in [0.25, 0.3) is 0 Å². The summed E-state index contributed by atoms with van der Waals surface area (Å²) in [7, 11) is 1.12. The van der Waals surface area contributed by atoms with E-state index in [1.54, 1.807) is 39.1 Å². The first-order valence-corrected chi connectivity index (χ1v) is 16.1. The molecule has 0 radical (unpaired) electrons. The average molecular weight is 682 g/mol. The molecule has 14 heteroatoms. The molecule has 0 unspecified atom stereocenters. The maximum absolute atomic E-state index is 13.9. The molecule has 14 nitrogen and oxygen atoms in total. The molecule has 266 valence electrons. The zero-order valence-corrected chi connectivity index (χ0v) is 28.5. The van der Waals surface area contributed by atoms with E-state index < -0.39 is 59.8 Å². The lowest BCUT2D eigenvalue weighted by atomic mass is 10.0. The molecule has 3 rings (SSSR count). The largest absolute Gasteiger partial charge is 0.467 e. The summed E-state index contributed by atoms with van der Waals surface area (Å²) in [6.07, 6.45) is -0.0163. The number of esters is 1. The highest BCUT2D eigenvalue weighted by atomic mass is 16.6. The van der Waals surface area contributed by atoms with Crippen LogP contribution in [0.4, 0.5) is 9.59 Å². The number of ether oxygens (including phenoxy) is 3. The number of aromatic nitrogens is 1. The molecule has 0 spiro atoms. The minimum atomic E-state index is -1.39. The summed E-state index contributed by atoms with van der Waals surface area (Å²) in [6, 6.07) is 12.8. The number of carbonyl (C=O) groups is 5. The number of aliphatic hydroxyl groups is 1. The van der Waals surface area contributed by atoms with Gasteiger partial charge in [-0.25, -0.2) is 14.4 Å². The van der Waals surface area contributed by atoms with E-state index in [0.717, 1.165) is 29.1 Å². The third-order valence-corrected chi connectivity index (χ3v) is 7.38. The standard InChI is InChI=1S/C35H47N5O9/c1-22(41)29(32(44)47-5)40-30(42)27(17-11-12-18-36-33(45)49-35(2,3)4)38-31(43)28(19-24-20-37-26-16-10-9-15-25(24)26)39-34(46)48-21-23-13-7-6-8-14-23/h6-10,13-16,20,22,27-29,37,41H,11-12,17-19,21H2,1-5H3,(H,36,45)(H,38,43)(H,39,46)(H,40,42)/t22-,27+,28-,29+/m1/s1. The van der Waals surface area contributed by atoms with Crippen LogP contribution in [0.15, 0.2) is 60.8 Å². The number of hydrogen-bond donors (Lipinski definition) is 6. The zero-order valence-electron chi connectivity index (χ0n) is 28.5. The van der Waals surface area contributed by atoms with Gasteiger partial charge in [0.05, 0.1) is 13.2 Å². The van der Waals surface area contributed by atoms with E-state index in [1.165, 1.54) is 6.92 Å². The van der Waals surface area contributed by atoms with E-state index in [4.69, 9.17) is 14.2 Å². The van der Waals surface area contributed by atoms with Gasteiger partial charge in [0.1, 0.15) is 24.3 Å². The predicted octanol–water partition coefficient (Wildman–Crippen LogP) is 3.22. The number of methoxy groups -OCH3 is 1. The molecule has 0 saturated carbocycles. The van der Waals surface area contributed by atoms with Gasteiger partial charge in [0, 0.05) is 30.1 Å². The highest BCUT2D eigenvalue weighted by molar-refractivity contribution is 5.94. The first-order valence-electron chi connectivity index (χ1n) is 16.1. The number of H-pyrrole nitrogens is 1. The molecule has 0 fully saturated rings. The molecule has 0 bridgehead atoms. The number of fused-ring (bicyclic) bond motifs is 1. The van der Waals surface area contributed by atoms with E-state index in [9.17, 15) is 29.1 Å². The second-order valence-corrected chi connectivity index (χ2v) is 12.6. The molecule has 2 aromatic carbocycles. The van der Waals surface area contributed by atoms with Crippen LogP contribution in [0.5, 0.6) is 0 Å². The number of rotatable bonds is 16. The zero-order chi connectivity index (χ0) is 36.0. The number of hydrogen-bond acceptors (Lipinski definition) is 9. The highest BCUT2D eigenvalue weighted by Crippen LogP contribution is 2.19. The molecule has 0 aliphatic carbocycles. The Hall–Kier alpha value is -5.11. The molecule has 0 aliphatic heterocycles. The van der Waals surface area contributed by atoms with Gasteiger partial charge in [-0.1, -0.05) is 48.5 Å². The number of nitrogens with one attached hydrogen (secondary N) is 5. The number of alkyl carbamates (subject to hydrolysis) is 2. The summed E-state index contributed by atoms with van der Waals surface area (Å²) in [4.78, 5) is 67.7. The molecule has 0 aliphatic rings. The second kappa shape index (κ2) is 18.4. The molecule has 1 aromatic heterocycles. The Bertz CT molecular complexity index is 1550. The van der Waals surface area contributed by atoms with Crippen molar-refractivity contribution in [2.24, 2.45) is 0 Å². The van der Waals surface area contributed by atoms with Crippen molar-refractivity contribution in [1.29, 1.82) is 0 Å². The number of benzene rings is 2. The van der Waals surface area contributed by atoms with E-state index >= 15 is 0 Å². The fraction of sp³-hybridized carbons (Fsp3) is 0.457. The van der Waals surface area contributed by atoms with Crippen LogP contribution in [0.25, 0.3) is 10.9 Å². The van der Waals surface area contributed by atoms with Gasteiger partial charge in [0.15, 0.2) is 6.04 Å². The minimum absolute atomic E-state index is 0.0231. The molecule has 3 aromatic rings. The topological polar surface area (TPSA) is 197 Å². The van der Waals surface area contributed by atoms with Gasteiger partial charge in [-0.05, 0) is 64.2 Å². The van der Waals surface area contributed by atoms with Crippen LogP contribution < -0.4 is 21.3 Å². The molecular weight excluding hydrogens is 634 g/mol. The van der Waals surface area contributed by atoms with Gasteiger partial charge in [0.2, 0.25) is 11.8 Å². The molecule has 4 atom stereocenters. The van der Waals surface area contributed by atoms with Crippen molar-refractivity contribution in [3.8, 4) is 0 Å². The molecule has 4 amide bonds. The lowest BCUT2D eigenvalue weighted by Crippen LogP contribution is -2.57. The minimum Gasteiger partial charge on any atom is -0.467 e. The number of amides is 4. The Morgan fingerprint density at radius 1 is 0.857 bits per heavy atom. The van der Waals surface area contributed by atoms with Crippen LogP contribution in [0.3, 0.4) is 0 Å². The third kappa shape index (κ3) is 12.8. The lowest BCUT2D eigenvalue weighted by Gasteiger charge is -2.26. The first kappa shape index (κ1) is 38.3. The summed E-state index contributed by atoms with van der Waals surface area (Å²) in [5, 5.41) is 21.4. The first-order chi connectivity index (χ1) is 23.3. The van der Waals surface area contributed by atoms with Gasteiger partial charge in [-0.2, -0.15) is 0 Å². The Morgan fingerprint density at radius 3 is 2.20 bits per heavy atom. The highest BCUT2D eigenvalue weighted by Gasteiger charge is 2.32. The van der Waals surface area contributed by atoms with Gasteiger partial charge >= 0.3 is 18.2 Å². The van der Waals surface area contributed by atoms with Crippen molar-refractivity contribution in [3.05, 3.63) is 71.9 Å².